The first-order chi connectivity index (χ1) is 12.5. The van der Waals surface area contributed by atoms with Crippen molar-refractivity contribution in [2.45, 2.75) is 20.3 Å². The maximum atomic E-state index is 12.4. The molecule has 1 saturated heterocycles. The lowest BCUT2D eigenvalue weighted by molar-refractivity contribution is -0.147. The Morgan fingerprint density at radius 3 is 2.69 bits per heavy atom. The summed E-state index contributed by atoms with van der Waals surface area (Å²) >= 11 is 0. The number of carbonyl (C=O) groups is 3. The van der Waals surface area contributed by atoms with E-state index in [0.29, 0.717) is 48.9 Å². The van der Waals surface area contributed by atoms with Gasteiger partial charge in [-0.3, -0.25) is 19.3 Å². The molecule has 1 aromatic carbocycles. The molecule has 3 rings (SSSR count). The van der Waals surface area contributed by atoms with E-state index < -0.39 is 0 Å². The third kappa shape index (κ3) is 3.96. The average Bonchev–Trinajstić information content (AvgIpc) is 3.22. The van der Waals surface area contributed by atoms with E-state index in [1.807, 2.05) is 4.90 Å². The van der Waals surface area contributed by atoms with Crippen LogP contribution < -0.4 is 14.8 Å². The first-order valence-electron chi connectivity index (χ1n) is 8.61. The van der Waals surface area contributed by atoms with Crippen LogP contribution in [0.4, 0.5) is 5.69 Å². The Hall–Kier alpha value is -2.61. The fourth-order valence-corrected chi connectivity index (χ4v) is 3.16. The van der Waals surface area contributed by atoms with Gasteiger partial charge in [-0.25, -0.2) is 0 Å². The maximum Gasteiger partial charge on any atom is 0.310 e. The number of nitrogens with zero attached hydrogens (tertiary/aromatic N) is 1. The van der Waals surface area contributed by atoms with Crippen LogP contribution in [0.3, 0.4) is 0 Å². The molecule has 2 aliphatic heterocycles. The summed E-state index contributed by atoms with van der Waals surface area (Å²) in [6, 6.07) is 3.18. The van der Waals surface area contributed by atoms with Crippen LogP contribution in [-0.4, -0.2) is 55.6 Å². The summed E-state index contributed by atoms with van der Waals surface area (Å²) in [5.74, 6) is 0.142. The van der Waals surface area contributed by atoms with Crippen molar-refractivity contribution >= 4 is 23.3 Å². The normalized spacial score (nSPS) is 18.6. The van der Waals surface area contributed by atoms with Crippen molar-refractivity contribution in [3.63, 3.8) is 0 Å². The van der Waals surface area contributed by atoms with E-state index in [4.69, 9.17) is 14.2 Å². The number of anilines is 1. The minimum atomic E-state index is -0.254. The number of hydrogen-bond donors (Lipinski definition) is 1. The highest BCUT2D eigenvalue weighted by Gasteiger charge is 2.30. The van der Waals surface area contributed by atoms with Crippen LogP contribution >= 0.6 is 0 Å². The summed E-state index contributed by atoms with van der Waals surface area (Å²) in [4.78, 5) is 37.9. The number of ketones is 1. The molecule has 1 atom stereocenters. The summed E-state index contributed by atoms with van der Waals surface area (Å²) in [7, 11) is 0. The highest BCUT2D eigenvalue weighted by Crippen LogP contribution is 2.37. The summed E-state index contributed by atoms with van der Waals surface area (Å²) < 4.78 is 15.6. The number of likely N-dealkylation sites (tertiary alicyclic amines) is 1. The zero-order valence-electron chi connectivity index (χ0n) is 14.9. The van der Waals surface area contributed by atoms with Gasteiger partial charge in [0.25, 0.3) is 0 Å². The predicted molar refractivity (Wildman–Crippen MR) is 92.4 cm³/mol. The number of benzene rings is 1. The molecule has 0 radical (unpaired) electrons. The van der Waals surface area contributed by atoms with Gasteiger partial charge >= 0.3 is 5.97 Å². The SMILES string of the molecule is CCOC(=O)C1CCN(CC(=O)Nc2cc3c(cc2C(C)=O)OCO3)C1. The number of Topliss-reactive ketones (excluding diaryl/α,β-unsaturated/α-hetero) is 1. The van der Waals surface area contributed by atoms with Gasteiger partial charge in [0.05, 0.1) is 24.8 Å². The molecule has 1 fully saturated rings. The molecular weight excluding hydrogens is 340 g/mol. The number of fused-ring (bicyclic) bond motifs is 1. The molecule has 0 bridgehead atoms. The molecule has 1 N–H and O–H groups in total. The molecule has 1 unspecified atom stereocenters. The van der Waals surface area contributed by atoms with Gasteiger partial charge in [0.2, 0.25) is 12.7 Å². The lowest BCUT2D eigenvalue weighted by Crippen LogP contribution is -2.33. The molecule has 2 heterocycles. The Morgan fingerprint density at radius 1 is 1.27 bits per heavy atom. The van der Waals surface area contributed by atoms with Gasteiger partial charge < -0.3 is 19.5 Å². The van der Waals surface area contributed by atoms with Gasteiger partial charge in [-0.05, 0) is 32.9 Å². The number of carbonyl (C=O) groups excluding carboxylic acids is 3. The van der Waals surface area contributed by atoms with Crippen LogP contribution in [0.25, 0.3) is 0 Å². The molecule has 140 valence electrons. The molecule has 26 heavy (non-hydrogen) atoms. The van der Waals surface area contributed by atoms with Gasteiger partial charge in [-0.2, -0.15) is 0 Å². The van der Waals surface area contributed by atoms with Gasteiger partial charge in [0.15, 0.2) is 17.3 Å². The van der Waals surface area contributed by atoms with E-state index in [2.05, 4.69) is 5.32 Å². The van der Waals surface area contributed by atoms with Crippen LogP contribution in [0, 0.1) is 5.92 Å². The Bertz CT molecular complexity index is 733. The van der Waals surface area contributed by atoms with Crippen molar-refractivity contribution in [1.82, 2.24) is 4.90 Å². The first-order valence-corrected chi connectivity index (χ1v) is 8.61. The molecule has 8 nitrogen and oxygen atoms in total. The fourth-order valence-electron chi connectivity index (χ4n) is 3.16. The molecule has 8 heteroatoms. The summed E-state index contributed by atoms with van der Waals surface area (Å²) in [6.07, 6.45) is 0.675. The number of nitrogens with one attached hydrogen (secondary N) is 1. The second-order valence-corrected chi connectivity index (χ2v) is 6.33. The van der Waals surface area contributed by atoms with Crippen molar-refractivity contribution in [1.29, 1.82) is 0 Å². The van der Waals surface area contributed by atoms with E-state index in [1.54, 1.807) is 19.1 Å². The Kier molecular flexibility index (Phi) is 5.41. The minimum Gasteiger partial charge on any atom is -0.466 e. The highest BCUT2D eigenvalue weighted by molar-refractivity contribution is 6.05. The van der Waals surface area contributed by atoms with Gasteiger partial charge in [-0.1, -0.05) is 0 Å². The van der Waals surface area contributed by atoms with Crippen molar-refractivity contribution in [3.8, 4) is 11.5 Å². The lowest BCUT2D eigenvalue weighted by atomic mass is 10.1. The molecule has 0 aromatic heterocycles. The highest BCUT2D eigenvalue weighted by atomic mass is 16.7. The van der Waals surface area contributed by atoms with Crippen LogP contribution in [0.5, 0.6) is 11.5 Å². The zero-order chi connectivity index (χ0) is 18.7. The molecule has 0 spiro atoms. The number of hydrogen-bond acceptors (Lipinski definition) is 7. The second kappa shape index (κ2) is 7.74. The van der Waals surface area contributed by atoms with Crippen LogP contribution in [0.2, 0.25) is 0 Å². The van der Waals surface area contributed by atoms with E-state index in [9.17, 15) is 14.4 Å². The summed E-state index contributed by atoms with van der Waals surface area (Å²) in [5, 5.41) is 2.76. The third-order valence-electron chi connectivity index (χ3n) is 4.43. The molecule has 1 aromatic rings. The van der Waals surface area contributed by atoms with E-state index in [0.717, 1.165) is 0 Å². The third-order valence-corrected chi connectivity index (χ3v) is 4.43. The van der Waals surface area contributed by atoms with E-state index in [-0.39, 0.29) is 36.9 Å². The summed E-state index contributed by atoms with van der Waals surface area (Å²) in [5.41, 5.74) is 0.765. The largest absolute Gasteiger partial charge is 0.466 e. The van der Waals surface area contributed by atoms with Crippen LogP contribution in [0.1, 0.15) is 30.6 Å². The Morgan fingerprint density at radius 2 is 2.00 bits per heavy atom. The van der Waals surface area contributed by atoms with Crippen LogP contribution in [0.15, 0.2) is 12.1 Å². The van der Waals surface area contributed by atoms with Crippen molar-refractivity contribution in [2.24, 2.45) is 5.92 Å². The predicted octanol–water partition coefficient (Wildman–Crippen LogP) is 1.44. The van der Waals surface area contributed by atoms with E-state index in [1.165, 1.54) is 6.92 Å². The lowest BCUT2D eigenvalue weighted by Gasteiger charge is -2.16. The minimum absolute atomic E-state index is 0.0904. The standard InChI is InChI=1S/C18H22N2O6/c1-3-24-18(23)12-4-5-20(8-12)9-17(22)19-14-7-16-15(25-10-26-16)6-13(14)11(2)21/h6-7,12H,3-5,8-10H2,1-2H3,(H,19,22). The Labute approximate surface area is 151 Å². The van der Waals surface area contributed by atoms with Crippen LogP contribution in [-0.2, 0) is 14.3 Å². The molecule has 1 amide bonds. The van der Waals surface area contributed by atoms with Crippen molar-refractivity contribution < 1.29 is 28.6 Å². The average molecular weight is 362 g/mol. The van der Waals surface area contributed by atoms with Crippen molar-refractivity contribution in [2.75, 3.05) is 38.4 Å². The quantitative estimate of drug-likeness (QED) is 0.604. The number of ether oxygens (including phenoxy) is 3. The number of rotatable bonds is 6. The smallest absolute Gasteiger partial charge is 0.310 e. The topological polar surface area (TPSA) is 94.2 Å². The van der Waals surface area contributed by atoms with Crippen molar-refractivity contribution in [3.05, 3.63) is 17.7 Å². The molecule has 2 aliphatic rings. The number of esters is 1. The Balaban J connectivity index is 1.62. The molecular formula is C18H22N2O6. The number of amides is 1. The summed E-state index contributed by atoms with van der Waals surface area (Å²) in [6.45, 7) is 4.93. The van der Waals surface area contributed by atoms with Gasteiger partial charge in [0, 0.05) is 18.2 Å². The van der Waals surface area contributed by atoms with Gasteiger partial charge in [0.1, 0.15) is 0 Å². The first kappa shape index (κ1) is 18.2. The fraction of sp³-hybridized carbons (Fsp3) is 0.500. The second-order valence-electron chi connectivity index (χ2n) is 6.33. The molecule has 0 aliphatic carbocycles. The maximum absolute atomic E-state index is 12.4. The van der Waals surface area contributed by atoms with Gasteiger partial charge in [-0.15, -0.1) is 0 Å². The monoisotopic (exact) mass is 362 g/mol. The van der Waals surface area contributed by atoms with E-state index >= 15 is 0 Å². The molecule has 0 saturated carbocycles. The zero-order valence-corrected chi connectivity index (χ0v) is 14.9.